The quantitative estimate of drug-likeness (QED) is 0.376. The van der Waals surface area contributed by atoms with E-state index in [1.54, 1.807) is 6.21 Å². The van der Waals surface area contributed by atoms with E-state index < -0.39 is 0 Å². The molecule has 0 saturated heterocycles. The van der Waals surface area contributed by atoms with E-state index in [0.29, 0.717) is 0 Å². The Balaban J connectivity index is 2.63. The van der Waals surface area contributed by atoms with E-state index in [-0.39, 0.29) is 5.11 Å². The van der Waals surface area contributed by atoms with Gasteiger partial charge in [-0.2, -0.15) is 5.10 Å². The fraction of sp³-hybridized carbons (Fsp3) is 0. The van der Waals surface area contributed by atoms with Gasteiger partial charge in [0.1, 0.15) is 0 Å². The summed E-state index contributed by atoms with van der Waals surface area (Å²) >= 11 is 6.83. The number of hydrogen-bond acceptors (Lipinski definition) is 2. The van der Waals surface area contributed by atoms with Crippen LogP contribution in [0.1, 0.15) is 5.56 Å². The Bertz CT molecular complexity index is 338. The normalized spacial score (nSPS) is 10.2. The van der Waals surface area contributed by atoms with Gasteiger partial charge in [-0.1, -0.05) is 12.1 Å². The lowest BCUT2D eigenvalue weighted by molar-refractivity contribution is 1.04. The summed E-state index contributed by atoms with van der Waals surface area (Å²) in [5.74, 6) is 0. The molecule has 1 rings (SSSR count). The van der Waals surface area contributed by atoms with Crippen molar-refractivity contribution in [2.75, 3.05) is 0 Å². The molecule has 0 aliphatic rings. The van der Waals surface area contributed by atoms with Crippen molar-refractivity contribution in [3.8, 4) is 0 Å². The molecule has 0 atom stereocenters. The molecule has 0 aliphatic heterocycles. The third-order valence-corrected chi connectivity index (χ3v) is 2.00. The van der Waals surface area contributed by atoms with Crippen LogP contribution in [0.5, 0.6) is 0 Å². The van der Waals surface area contributed by atoms with E-state index in [1.165, 1.54) is 0 Å². The summed E-state index contributed by atoms with van der Waals surface area (Å²) in [5, 5.41) is 4.01. The van der Waals surface area contributed by atoms with Crippen molar-refractivity contribution in [1.82, 2.24) is 5.43 Å². The molecule has 0 bridgehead atoms. The summed E-state index contributed by atoms with van der Waals surface area (Å²) in [6.07, 6.45) is 1.67. The van der Waals surface area contributed by atoms with Gasteiger partial charge in [-0.3, -0.25) is 5.43 Å². The van der Waals surface area contributed by atoms with Crippen LogP contribution in [0.15, 0.2) is 29.4 Å². The lowest BCUT2D eigenvalue weighted by Crippen LogP contribution is -2.23. The molecule has 0 heterocycles. The van der Waals surface area contributed by atoms with Gasteiger partial charge in [-0.05, 0) is 52.5 Å². The van der Waals surface area contributed by atoms with Crippen LogP contribution in [-0.2, 0) is 0 Å². The molecule has 0 amide bonds. The fourth-order valence-corrected chi connectivity index (χ4v) is 1.38. The fourth-order valence-electron chi connectivity index (χ4n) is 0.757. The number of nitrogens with one attached hydrogen (secondary N) is 1. The van der Waals surface area contributed by atoms with Crippen molar-refractivity contribution < 1.29 is 0 Å². The molecule has 3 nitrogen and oxygen atoms in total. The summed E-state index contributed by atoms with van der Waals surface area (Å²) in [6.45, 7) is 0. The number of nitrogens with zero attached hydrogens (tertiary/aromatic N) is 1. The molecular weight excluding hydrogens is 297 g/mol. The molecule has 1 aromatic carbocycles. The highest BCUT2D eigenvalue weighted by Gasteiger charge is 1.88. The Morgan fingerprint density at radius 1 is 1.62 bits per heavy atom. The van der Waals surface area contributed by atoms with E-state index in [2.05, 4.69) is 45.3 Å². The van der Waals surface area contributed by atoms with Gasteiger partial charge >= 0.3 is 0 Å². The van der Waals surface area contributed by atoms with E-state index in [0.717, 1.165) is 9.13 Å². The Labute approximate surface area is 95.5 Å². The maximum atomic E-state index is 5.19. The molecule has 0 unspecified atom stereocenters. The molecule has 0 fully saturated rings. The minimum Gasteiger partial charge on any atom is -0.375 e. The van der Waals surface area contributed by atoms with Crippen LogP contribution in [0.4, 0.5) is 0 Å². The first-order valence-corrected chi connectivity index (χ1v) is 5.01. The summed E-state index contributed by atoms with van der Waals surface area (Å²) in [5.41, 5.74) is 8.69. The van der Waals surface area contributed by atoms with Crippen molar-refractivity contribution >= 4 is 46.1 Å². The summed E-state index contributed by atoms with van der Waals surface area (Å²) < 4.78 is 1.16. The van der Waals surface area contributed by atoms with E-state index in [4.69, 9.17) is 5.73 Å². The van der Waals surface area contributed by atoms with Crippen LogP contribution in [-0.4, -0.2) is 11.3 Å². The summed E-state index contributed by atoms with van der Waals surface area (Å²) in [7, 11) is 0. The van der Waals surface area contributed by atoms with Crippen LogP contribution < -0.4 is 11.2 Å². The minimum atomic E-state index is 0.168. The third-order valence-electron chi connectivity index (χ3n) is 1.24. The van der Waals surface area contributed by atoms with E-state index in [1.807, 2.05) is 24.3 Å². The molecule has 68 valence electrons. The largest absolute Gasteiger partial charge is 0.375 e. The van der Waals surface area contributed by atoms with Gasteiger partial charge in [0.25, 0.3) is 0 Å². The first-order chi connectivity index (χ1) is 6.18. The van der Waals surface area contributed by atoms with Crippen LogP contribution in [0.25, 0.3) is 0 Å². The smallest absolute Gasteiger partial charge is 0.184 e. The van der Waals surface area contributed by atoms with Gasteiger partial charge in [0, 0.05) is 3.57 Å². The van der Waals surface area contributed by atoms with Gasteiger partial charge in [0.15, 0.2) is 5.11 Å². The SMILES string of the molecule is NC(=S)N/N=C\c1cccc(I)c1. The lowest BCUT2D eigenvalue weighted by atomic mass is 10.2. The molecular formula is C8H8IN3S. The number of hydrazone groups is 1. The molecule has 5 heteroatoms. The van der Waals surface area contributed by atoms with Crippen molar-refractivity contribution in [2.45, 2.75) is 0 Å². The van der Waals surface area contributed by atoms with E-state index >= 15 is 0 Å². The molecule has 0 spiro atoms. The second kappa shape index (κ2) is 5.13. The predicted octanol–water partition coefficient (Wildman–Crippen LogP) is 1.46. The van der Waals surface area contributed by atoms with Crippen LogP contribution in [0, 0.1) is 3.57 Å². The zero-order valence-electron chi connectivity index (χ0n) is 6.70. The molecule has 0 saturated carbocycles. The lowest BCUT2D eigenvalue weighted by Gasteiger charge is -1.95. The van der Waals surface area contributed by atoms with Gasteiger partial charge in [0.2, 0.25) is 0 Å². The second-order valence-electron chi connectivity index (χ2n) is 2.29. The zero-order valence-corrected chi connectivity index (χ0v) is 9.67. The van der Waals surface area contributed by atoms with Crippen LogP contribution >= 0.6 is 34.8 Å². The van der Waals surface area contributed by atoms with Gasteiger partial charge in [-0.15, -0.1) is 0 Å². The highest BCUT2D eigenvalue weighted by Crippen LogP contribution is 2.05. The van der Waals surface area contributed by atoms with Crippen LogP contribution in [0.3, 0.4) is 0 Å². The topological polar surface area (TPSA) is 50.4 Å². The molecule has 0 aromatic heterocycles. The first-order valence-electron chi connectivity index (χ1n) is 3.52. The highest BCUT2D eigenvalue weighted by molar-refractivity contribution is 14.1. The monoisotopic (exact) mass is 305 g/mol. The Morgan fingerprint density at radius 3 is 3.00 bits per heavy atom. The van der Waals surface area contributed by atoms with Crippen molar-refractivity contribution in [3.05, 3.63) is 33.4 Å². The minimum absolute atomic E-state index is 0.168. The van der Waals surface area contributed by atoms with Gasteiger partial charge in [-0.25, -0.2) is 0 Å². The predicted molar refractivity (Wildman–Crippen MR) is 66.7 cm³/mol. The maximum absolute atomic E-state index is 5.19. The summed E-state index contributed by atoms with van der Waals surface area (Å²) in [4.78, 5) is 0. The maximum Gasteiger partial charge on any atom is 0.184 e. The van der Waals surface area contributed by atoms with Gasteiger partial charge in [0.05, 0.1) is 6.21 Å². The average molecular weight is 305 g/mol. The first kappa shape index (κ1) is 10.4. The van der Waals surface area contributed by atoms with Crippen LogP contribution in [0.2, 0.25) is 0 Å². The van der Waals surface area contributed by atoms with Gasteiger partial charge < -0.3 is 5.73 Å². The standard InChI is InChI=1S/C8H8IN3S/c9-7-3-1-2-6(4-7)5-11-12-8(10)13/h1-5H,(H3,10,12,13)/b11-5-. The zero-order chi connectivity index (χ0) is 9.68. The molecule has 1 aromatic rings. The third kappa shape index (κ3) is 4.18. The Kier molecular flexibility index (Phi) is 4.10. The number of benzene rings is 1. The van der Waals surface area contributed by atoms with E-state index in [9.17, 15) is 0 Å². The Hall–Kier alpha value is -0.690. The second-order valence-corrected chi connectivity index (χ2v) is 3.97. The molecule has 13 heavy (non-hydrogen) atoms. The Morgan fingerprint density at radius 2 is 2.38 bits per heavy atom. The number of thiocarbonyl (C=S) groups is 1. The van der Waals surface area contributed by atoms with Crippen molar-refractivity contribution in [3.63, 3.8) is 0 Å². The number of nitrogens with two attached hydrogens (primary N) is 1. The number of rotatable bonds is 2. The number of hydrogen-bond donors (Lipinski definition) is 2. The summed E-state index contributed by atoms with van der Waals surface area (Å²) in [6, 6.07) is 7.93. The molecule has 0 radical (unpaired) electrons. The van der Waals surface area contributed by atoms with Crippen molar-refractivity contribution in [2.24, 2.45) is 10.8 Å². The average Bonchev–Trinajstić information content (AvgIpc) is 2.03. The highest BCUT2D eigenvalue weighted by atomic mass is 127. The number of halogens is 1. The van der Waals surface area contributed by atoms with Crippen molar-refractivity contribution in [1.29, 1.82) is 0 Å². The molecule has 3 N–H and O–H groups in total. The molecule has 0 aliphatic carbocycles.